The number of anilines is 3. The van der Waals surface area contributed by atoms with Gasteiger partial charge in [-0.1, -0.05) is 35.2 Å². The maximum atomic E-state index is 13.7. The average molecular weight is 440 g/mol. The average Bonchev–Trinajstić information content (AvgIpc) is 3.15. The predicted octanol–water partition coefficient (Wildman–Crippen LogP) is 4.83. The van der Waals surface area contributed by atoms with Crippen molar-refractivity contribution in [3.05, 3.63) is 53.8 Å². The molecule has 2 N–H and O–H groups in total. The van der Waals surface area contributed by atoms with Gasteiger partial charge < -0.3 is 15.4 Å². The number of thioether (sulfide) groups is 1. The van der Waals surface area contributed by atoms with Gasteiger partial charge in [0.15, 0.2) is 21.8 Å². The van der Waals surface area contributed by atoms with Gasteiger partial charge in [0, 0.05) is 0 Å². The third-order valence-electron chi connectivity index (χ3n) is 3.69. The topological polar surface area (TPSA) is 76.1 Å². The smallest absolute Gasteiger partial charge is 0.237 e. The molecule has 0 radical (unpaired) electrons. The van der Waals surface area contributed by atoms with Crippen molar-refractivity contribution < 1.29 is 22.7 Å². The van der Waals surface area contributed by atoms with E-state index in [2.05, 4.69) is 20.8 Å². The molecule has 11 heteroatoms. The van der Waals surface area contributed by atoms with Crippen molar-refractivity contribution >= 4 is 45.5 Å². The molecule has 0 saturated heterocycles. The second-order valence-electron chi connectivity index (χ2n) is 5.67. The summed E-state index contributed by atoms with van der Waals surface area (Å²) in [5.74, 6) is -4.37. The summed E-state index contributed by atoms with van der Waals surface area (Å²) in [4.78, 5) is 12.3. The molecule has 2 aromatic carbocycles. The number of nitrogens with one attached hydrogen (secondary N) is 2. The maximum absolute atomic E-state index is 13.7. The maximum Gasteiger partial charge on any atom is 0.237 e. The van der Waals surface area contributed by atoms with Crippen LogP contribution < -0.4 is 15.4 Å². The van der Waals surface area contributed by atoms with Gasteiger partial charge in [0.2, 0.25) is 11.0 Å². The molecule has 0 aliphatic rings. The summed E-state index contributed by atoms with van der Waals surface area (Å²) in [7, 11) is 1.55. The van der Waals surface area contributed by atoms with Crippen LogP contribution in [0, 0.1) is 17.5 Å². The number of ether oxygens (including phenoxy) is 1. The quantitative estimate of drug-likeness (QED) is 0.405. The van der Waals surface area contributed by atoms with Gasteiger partial charge in [0.05, 0.1) is 23.7 Å². The molecule has 3 aromatic rings. The SMILES string of the molecule is COc1ccccc1Nc1nnc(SC(C)C(=O)Nc2ccc(F)c(F)c2F)s1. The zero-order valence-corrected chi connectivity index (χ0v) is 16.8. The highest BCUT2D eigenvalue weighted by Crippen LogP contribution is 2.33. The number of benzene rings is 2. The summed E-state index contributed by atoms with van der Waals surface area (Å²) >= 11 is 2.31. The van der Waals surface area contributed by atoms with Gasteiger partial charge in [-0.15, -0.1) is 10.2 Å². The Balaban J connectivity index is 1.63. The summed E-state index contributed by atoms with van der Waals surface area (Å²) in [6.07, 6.45) is 0. The number of para-hydroxylation sites is 2. The van der Waals surface area contributed by atoms with Crippen LogP contribution in [0.5, 0.6) is 5.75 Å². The number of rotatable bonds is 7. The first kappa shape index (κ1) is 20.9. The molecule has 1 unspecified atom stereocenters. The molecule has 1 amide bonds. The lowest BCUT2D eigenvalue weighted by Gasteiger charge is -2.11. The van der Waals surface area contributed by atoms with Gasteiger partial charge in [-0.3, -0.25) is 4.79 Å². The van der Waals surface area contributed by atoms with Gasteiger partial charge in [0.25, 0.3) is 0 Å². The molecule has 0 spiro atoms. The summed E-state index contributed by atoms with van der Waals surface area (Å²) in [5, 5.41) is 13.2. The van der Waals surface area contributed by atoms with Gasteiger partial charge in [-0.2, -0.15) is 0 Å². The molecule has 0 aliphatic carbocycles. The second-order valence-corrected chi connectivity index (χ2v) is 8.24. The Morgan fingerprint density at radius 3 is 2.62 bits per heavy atom. The zero-order valence-electron chi connectivity index (χ0n) is 15.2. The van der Waals surface area contributed by atoms with E-state index < -0.39 is 34.3 Å². The van der Waals surface area contributed by atoms with Crippen molar-refractivity contribution in [3.8, 4) is 5.75 Å². The van der Waals surface area contributed by atoms with Crippen molar-refractivity contribution in [2.24, 2.45) is 0 Å². The number of hydrogen-bond donors (Lipinski definition) is 2. The highest BCUT2D eigenvalue weighted by molar-refractivity contribution is 8.02. The first-order chi connectivity index (χ1) is 13.9. The number of carbonyl (C=O) groups excluding carboxylic acids is 1. The fourth-order valence-corrected chi connectivity index (χ4v) is 4.14. The molecule has 1 heterocycles. The molecule has 1 atom stereocenters. The largest absolute Gasteiger partial charge is 0.495 e. The molecule has 6 nitrogen and oxygen atoms in total. The first-order valence-corrected chi connectivity index (χ1v) is 9.93. The predicted molar refractivity (Wildman–Crippen MR) is 106 cm³/mol. The Bertz CT molecular complexity index is 1030. The summed E-state index contributed by atoms with van der Waals surface area (Å²) in [6, 6.07) is 8.99. The van der Waals surface area contributed by atoms with Gasteiger partial charge >= 0.3 is 0 Å². The van der Waals surface area contributed by atoms with Gasteiger partial charge in [-0.25, -0.2) is 13.2 Å². The van der Waals surface area contributed by atoms with Crippen molar-refractivity contribution in [1.82, 2.24) is 10.2 Å². The summed E-state index contributed by atoms with van der Waals surface area (Å²) in [5.41, 5.74) is 0.277. The molecule has 0 aliphatic heterocycles. The van der Waals surface area contributed by atoms with Crippen LogP contribution in [0.15, 0.2) is 40.7 Å². The highest BCUT2D eigenvalue weighted by atomic mass is 32.2. The van der Waals surface area contributed by atoms with Crippen molar-refractivity contribution in [2.45, 2.75) is 16.5 Å². The minimum Gasteiger partial charge on any atom is -0.495 e. The fraction of sp³-hybridized carbons (Fsp3) is 0.167. The molecule has 152 valence electrons. The van der Waals surface area contributed by atoms with E-state index in [1.165, 1.54) is 11.3 Å². The first-order valence-electron chi connectivity index (χ1n) is 8.23. The Morgan fingerprint density at radius 1 is 1.10 bits per heavy atom. The number of aromatic nitrogens is 2. The highest BCUT2D eigenvalue weighted by Gasteiger charge is 2.21. The van der Waals surface area contributed by atoms with E-state index in [9.17, 15) is 18.0 Å². The molecule has 1 aromatic heterocycles. The minimum absolute atomic E-state index is 0.433. The zero-order chi connectivity index (χ0) is 21.0. The molecule has 29 heavy (non-hydrogen) atoms. The van der Waals surface area contributed by atoms with Gasteiger partial charge in [-0.05, 0) is 31.2 Å². The van der Waals surface area contributed by atoms with Crippen LogP contribution in [0.1, 0.15) is 6.92 Å². The van der Waals surface area contributed by atoms with Crippen LogP contribution in [0.2, 0.25) is 0 Å². The lowest BCUT2D eigenvalue weighted by atomic mass is 10.2. The van der Waals surface area contributed by atoms with E-state index >= 15 is 0 Å². The third kappa shape index (κ3) is 4.98. The number of hydrogen-bond acceptors (Lipinski definition) is 7. The van der Waals surface area contributed by atoms with E-state index in [0.717, 1.165) is 23.9 Å². The number of halogens is 3. The van der Waals surface area contributed by atoms with E-state index in [-0.39, 0.29) is 0 Å². The Morgan fingerprint density at radius 2 is 1.86 bits per heavy atom. The Labute approximate surface area is 172 Å². The van der Waals surface area contributed by atoms with E-state index in [1.807, 2.05) is 18.2 Å². The Hall–Kier alpha value is -2.79. The molecular formula is C18H15F3N4O2S2. The van der Waals surface area contributed by atoms with E-state index in [0.29, 0.717) is 20.9 Å². The molecule has 0 fully saturated rings. The number of methoxy groups -OCH3 is 1. The molecule has 0 saturated carbocycles. The lowest BCUT2D eigenvalue weighted by molar-refractivity contribution is -0.115. The monoisotopic (exact) mass is 440 g/mol. The van der Waals surface area contributed by atoms with Gasteiger partial charge in [0.1, 0.15) is 5.75 Å². The lowest BCUT2D eigenvalue weighted by Crippen LogP contribution is -2.23. The van der Waals surface area contributed by atoms with Crippen molar-refractivity contribution in [3.63, 3.8) is 0 Å². The third-order valence-corrected chi connectivity index (χ3v) is 5.72. The molecule has 3 rings (SSSR count). The normalized spacial score (nSPS) is 11.8. The Kier molecular flexibility index (Phi) is 6.60. The number of nitrogens with zero attached hydrogens (tertiary/aromatic N) is 2. The summed E-state index contributed by atoms with van der Waals surface area (Å²) < 4.78 is 45.7. The van der Waals surface area contributed by atoms with Crippen molar-refractivity contribution in [2.75, 3.05) is 17.7 Å². The number of amides is 1. The van der Waals surface area contributed by atoms with Crippen LogP contribution in [-0.2, 0) is 4.79 Å². The molecule has 0 bridgehead atoms. The van der Waals surface area contributed by atoms with E-state index in [4.69, 9.17) is 4.74 Å². The van der Waals surface area contributed by atoms with Crippen molar-refractivity contribution in [1.29, 1.82) is 0 Å². The second kappa shape index (κ2) is 9.14. The van der Waals surface area contributed by atoms with Crippen LogP contribution in [0.4, 0.5) is 29.7 Å². The van der Waals surface area contributed by atoms with E-state index in [1.54, 1.807) is 20.1 Å². The minimum atomic E-state index is -1.64. The van der Waals surface area contributed by atoms with Crippen LogP contribution in [0.3, 0.4) is 0 Å². The number of carbonyl (C=O) groups is 1. The van der Waals surface area contributed by atoms with Crippen LogP contribution in [0.25, 0.3) is 0 Å². The summed E-state index contributed by atoms with van der Waals surface area (Å²) in [6.45, 7) is 1.58. The fourth-order valence-electron chi connectivity index (χ4n) is 2.23. The molecular weight excluding hydrogens is 425 g/mol. The standard InChI is InChI=1S/C18H15F3N4O2S2/c1-9(16(26)22-12-8-7-10(19)14(20)15(12)21)28-18-25-24-17(29-18)23-11-5-3-4-6-13(11)27-2/h3-9H,1-2H3,(H,22,26)(H,23,24). The van der Waals surface area contributed by atoms with Crippen LogP contribution >= 0.6 is 23.1 Å². The van der Waals surface area contributed by atoms with Crippen LogP contribution in [-0.4, -0.2) is 28.5 Å².